The zero-order valence-electron chi connectivity index (χ0n) is 17.5. The van der Waals surface area contributed by atoms with Crippen molar-refractivity contribution in [3.8, 4) is 0 Å². The van der Waals surface area contributed by atoms with Gasteiger partial charge in [0, 0.05) is 29.2 Å². The van der Waals surface area contributed by atoms with Gasteiger partial charge in [0.15, 0.2) is 5.78 Å². The lowest BCUT2D eigenvalue weighted by Crippen LogP contribution is -2.35. The predicted molar refractivity (Wildman–Crippen MR) is 120 cm³/mol. The second-order valence-electron chi connectivity index (χ2n) is 8.49. The maximum absolute atomic E-state index is 11.9. The molecule has 0 N–H and O–H groups in total. The third-order valence-electron chi connectivity index (χ3n) is 6.37. The van der Waals surface area contributed by atoms with E-state index in [9.17, 15) is 4.79 Å². The summed E-state index contributed by atoms with van der Waals surface area (Å²) in [5, 5.41) is 1.08. The molecule has 0 bridgehead atoms. The average molecular weight is 389 g/mol. The number of carbonyl (C=O) groups excluding carboxylic acids is 1. The van der Waals surface area contributed by atoms with E-state index in [4.69, 9.17) is 0 Å². The lowest BCUT2D eigenvalue weighted by Gasteiger charge is -2.32. The summed E-state index contributed by atoms with van der Waals surface area (Å²) in [5.41, 5.74) is 3.51. The fourth-order valence-electron chi connectivity index (χ4n) is 4.69. The molecule has 1 aliphatic rings. The number of aryl methyl sites for hydroxylation is 1. The number of hydrogen-bond acceptors (Lipinski definition) is 2. The first kappa shape index (κ1) is 19.9. The number of fused-ring (bicyclic) bond motifs is 1. The number of aromatic nitrogens is 1. The lowest BCUT2D eigenvalue weighted by molar-refractivity contribution is 0.101. The summed E-state index contributed by atoms with van der Waals surface area (Å²) >= 11 is 0. The van der Waals surface area contributed by atoms with Crippen molar-refractivity contribution in [3.63, 3.8) is 0 Å². The summed E-state index contributed by atoms with van der Waals surface area (Å²) < 4.78 is 2.26. The van der Waals surface area contributed by atoms with Crippen molar-refractivity contribution in [1.29, 1.82) is 0 Å². The van der Waals surface area contributed by atoms with Crippen LogP contribution in [0.4, 0.5) is 0 Å². The van der Waals surface area contributed by atoms with Crippen molar-refractivity contribution in [2.75, 3.05) is 19.6 Å². The molecule has 3 heteroatoms. The van der Waals surface area contributed by atoms with Crippen LogP contribution in [0.1, 0.15) is 48.5 Å². The highest BCUT2D eigenvalue weighted by Gasteiger charge is 2.19. The van der Waals surface area contributed by atoms with Gasteiger partial charge in [0.25, 0.3) is 0 Å². The van der Waals surface area contributed by atoms with Crippen LogP contribution in [0, 0.1) is 5.92 Å². The maximum Gasteiger partial charge on any atom is 0.161 e. The second-order valence-corrected chi connectivity index (χ2v) is 8.49. The van der Waals surface area contributed by atoms with Gasteiger partial charge in [0.1, 0.15) is 0 Å². The van der Waals surface area contributed by atoms with Crippen LogP contribution in [0.3, 0.4) is 0 Å². The Kier molecular flexibility index (Phi) is 6.46. The summed E-state index contributed by atoms with van der Waals surface area (Å²) in [6.07, 6.45) is 8.28. The molecule has 0 unspecified atom stereocenters. The highest BCUT2D eigenvalue weighted by Crippen LogP contribution is 2.23. The number of ketones is 1. The molecule has 4 rings (SSSR count). The van der Waals surface area contributed by atoms with E-state index in [1.165, 1.54) is 56.4 Å². The van der Waals surface area contributed by atoms with E-state index in [2.05, 4.69) is 58.0 Å². The topological polar surface area (TPSA) is 25.2 Å². The van der Waals surface area contributed by atoms with E-state index < -0.39 is 0 Å². The van der Waals surface area contributed by atoms with Crippen LogP contribution in [0.15, 0.2) is 60.8 Å². The third kappa shape index (κ3) is 4.97. The summed E-state index contributed by atoms with van der Waals surface area (Å²) in [6, 6.07) is 19.2. The fourth-order valence-corrected chi connectivity index (χ4v) is 4.69. The number of benzene rings is 2. The van der Waals surface area contributed by atoms with Crippen LogP contribution in [0.2, 0.25) is 0 Å². The van der Waals surface area contributed by atoms with Gasteiger partial charge in [-0.1, -0.05) is 48.5 Å². The van der Waals surface area contributed by atoms with Crippen LogP contribution in [0.5, 0.6) is 0 Å². The van der Waals surface area contributed by atoms with Crippen molar-refractivity contribution in [2.24, 2.45) is 5.92 Å². The Balaban J connectivity index is 1.22. The highest BCUT2D eigenvalue weighted by molar-refractivity contribution is 6.06. The fraction of sp³-hybridized carbons (Fsp3) is 0.423. The number of carbonyl (C=O) groups is 1. The van der Waals surface area contributed by atoms with E-state index in [0.717, 1.165) is 29.8 Å². The molecule has 0 amide bonds. The molecule has 1 aromatic heterocycles. The standard InChI is InChI=1S/C26H32N2O/c1-21(29)25-20-28(26-12-6-5-11-24(25)26)16-8-7-15-27-17-13-23(14-18-27)19-22-9-3-2-4-10-22/h2-6,9-12,20,23H,7-8,13-19H2,1H3. The molecule has 2 heterocycles. The molecule has 2 aromatic carbocycles. The number of Topliss-reactive ketones (excluding diaryl/α,β-unsaturated/α-hetero) is 1. The summed E-state index contributed by atoms with van der Waals surface area (Å²) in [5.74, 6) is 0.989. The normalized spacial score (nSPS) is 15.8. The van der Waals surface area contributed by atoms with Crippen molar-refractivity contribution in [1.82, 2.24) is 9.47 Å². The van der Waals surface area contributed by atoms with Crippen LogP contribution in [-0.4, -0.2) is 34.9 Å². The van der Waals surface area contributed by atoms with Crippen LogP contribution in [-0.2, 0) is 13.0 Å². The maximum atomic E-state index is 11.9. The number of unbranched alkanes of at least 4 members (excludes halogenated alkanes) is 1. The number of hydrogen-bond donors (Lipinski definition) is 0. The van der Waals surface area contributed by atoms with Gasteiger partial charge >= 0.3 is 0 Å². The smallest absolute Gasteiger partial charge is 0.161 e. The van der Waals surface area contributed by atoms with E-state index >= 15 is 0 Å². The summed E-state index contributed by atoms with van der Waals surface area (Å²) in [7, 11) is 0. The molecule has 1 fully saturated rings. The van der Waals surface area contributed by atoms with Gasteiger partial charge in [-0.2, -0.15) is 0 Å². The Morgan fingerprint density at radius 2 is 1.62 bits per heavy atom. The minimum Gasteiger partial charge on any atom is -0.347 e. The van der Waals surface area contributed by atoms with Gasteiger partial charge < -0.3 is 9.47 Å². The zero-order chi connectivity index (χ0) is 20.1. The van der Waals surface area contributed by atoms with Gasteiger partial charge in [-0.3, -0.25) is 4.79 Å². The second kappa shape index (κ2) is 9.41. The summed E-state index contributed by atoms with van der Waals surface area (Å²) in [6.45, 7) is 6.31. The van der Waals surface area contributed by atoms with Gasteiger partial charge in [0.05, 0.1) is 0 Å². The predicted octanol–water partition coefficient (Wildman–Crippen LogP) is 5.58. The Morgan fingerprint density at radius 1 is 0.931 bits per heavy atom. The Hall–Kier alpha value is -2.39. The van der Waals surface area contributed by atoms with Crippen LogP contribution < -0.4 is 0 Å². The highest BCUT2D eigenvalue weighted by atomic mass is 16.1. The van der Waals surface area contributed by atoms with Crippen molar-refractivity contribution >= 4 is 16.7 Å². The van der Waals surface area contributed by atoms with Gasteiger partial charge in [0.2, 0.25) is 0 Å². The largest absolute Gasteiger partial charge is 0.347 e. The molecule has 0 spiro atoms. The lowest BCUT2D eigenvalue weighted by atomic mass is 9.90. The number of para-hydroxylation sites is 1. The zero-order valence-corrected chi connectivity index (χ0v) is 17.5. The summed E-state index contributed by atoms with van der Waals surface area (Å²) in [4.78, 5) is 14.6. The van der Waals surface area contributed by atoms with Crippen LogP contribution >= 0.6 is 0 Å². The minimum absolute atomic E-state index is 0.151. The molecule has 29 heavy (non-hydrogen) atoms. The minimum atomic E-state index is 0.151. The Morgan fingerprint density at radius 3 is 2.38 bits per heavy atom. The van der Waals surface area contributed by atoms with E-state index in [0.29, 0.717) is 0 Å². The SMILES string of the molecule is CC(=O)c1cn(CCCCN2CCC(Cc3ccccc3)CC2)c2ccccc12. The van der Waals surface area contributed by atoms with Crippen molar-refractivity contribution in [3.05, 3.63) is 71.9 Å². The molecular formula is C26H32N2O. The quantitative estimate of drug-likeness (QED) is 0.372. The number of nitrogens with zero attached hydrogens (tertiary/aromatic N) is 2. The molecule has 0 saturated carbocycles. The number of rotatable bonds is 8. The van der Waals surface area contributed by atoms with E-state index in [1.807, 2.05) is 12.3 Å². The average Bonchev–Trinajstić information content (AvgIpc) is 3.12. The van der Waals surface area contributed by atoms with Crippen LogP contribution in [0.25, 0.3) is 10.9 Å². The Labute approximate surface area is 174 Å². The van der Waals surface area contributed by atoms with E-state index in [-0.39, 0.29) is 5.78 Å². The van der Waals surface area contributed by atoms with Gasteiger partial charge in [-0.15, -0.1) is 0 Å². The monoisotopic (exact) mass is 388 g/mol. The van der Waals surface area contributed by atoms with Crippen molar-refractivity contribution < 1.29 is 4.79 Å². The molecular weight excluding hydrogens is 356 g/mol. The van der Waals surface area contributed by atoms with Gasteiger partial charge in [-0.25, -0.2) is 0 Å². The molecule has 3 aromatic rings. The molecule has 1 aliphatic heterocycles. The molecule has 0 radical (unpaired) electrons. The third-order valence-corrected chi connectivity index (χ3v) is 6.37. The molecule has 0 aliphatic carbocycles. The molecule has 3 nitrogen and oxygen atoms in total. The number of likely N-dealkylation sites (tertiary alicyclic amines) is 1. The molecule has 152 valence electrons. The molecule has 1 saturated heterocycles. The Bertz CT molecular complexity index is 936. The van der Waals surface area contributed by atoms with E-state index in [1.54, 1.807) is 6.92 Å². The first-order valence-corrected chi connectivity index (χ1v) is 11.1. The number of piperidine rings is 1. The van der Waals surface area contributed by atoms with Crippen molar-refractivity contribution in [2.45, 2.75) is 45.6 Å². The first-order chi connectivity index (χ1) is 14.2. The van der Waals surface area contributed by atoms with Gasteiger partial charge in [-0.05, 0) is 76.2 Å². The first-order valence-electron chi connectivity index (χ1n) is 11.1. The molecule has 0 atom stereocenters.